The first kappa shape index (κ1) is 63.3. The van der Waals surface area contributed by atoms with E-state index in [0.29, 0.717) is 32.2 Å². The molecular formula is C30H69NO8S6. The Morgan fingerprint density at radius 1 is 0.556 bits per heavy atom. The molecule has 0 saturated heterocycles. The summed E-state index contributed by atoms with van der Waals surface area (Å²) in [7, 11) is 0. The van der Waals surface area contributed by atoms with Crippen molar-refractivity contribution in [3.63, 3.8) is 0 Å². The minimum Gasteiger partial charge on any atom is -0.481 e. The molecule has 0 heterocycles. The fraction of sp³-hybridized carbons (Fsp3) is 0.833. The van der Waals surface area contributed by atoms with Crippen molar-refractivity contribution in [2.75, 3.05) is 6.54 Å². The van der Waals surface area contributed by atoms with Crippen molar-refractivity contribution < 1.29 is 40.7 Å². The van der Waals surface area contributed by atoms with Crippen LogP contribution in [0.3, 0.4) is 0 Å². The summed E-state index contributed by atoms with van der Waals surface area (Å²) < 4.78 is 0. The zero-order valence-electron chi connectivity index (χ0n) is 26.4. The van der Waals surface area contributed by atoms with Crippen LogP contribution >= 0.6 is 81.0 Å². The number of ketones is 1. The van der Waals surface area contributed by atoms with Gasteiger partial charge in [0.15, 0.2) is 0 Å². The van der Waals surface area contributed by atoms with Crippen LogP contribution < -0.4 is 5.32 Å². The van der Waals surface area contributed by atoms with Crippen LogP contribution in [0.15, 0.2) is 0 Å². The molecule has 278 valence electrons. The Bertz CT molecular complexity index is 727. The highest BCUT2D eigenvalue weighted by Gasteiger charge is 2.22. The molecule has 2 atom stereocenters. The van der Waals surface area contributed by atoms with Crippen molar-refractivity contribution >= 4 is 111 Å². The second-order valence-corrected chi connectivity index (χ2v) is 10.5. The SMILES string of the molecule is C.C[C@@H](CCCCNC(=O)CC[C@H](CC(=O)CCCCCCCCCCCCCCC(=O)O)C(=O)O)C(=O)O.S.S.S.S.S.S.[HH]. The average Bonchev–Trinajstić information content (AvgIpc) is 2.85. The number of hydrogen-bond donors (Lipinski definition) is 4. The van der Waals surface area contributed by atoms with Crippen LogP contribution in [0.4, 0.5) is 0 Å². The van der Waals surface area contributed by atoms with Gasteiger partial charge in [-0.25, -0.2) is 0 Å². The maximum atomic E-state index is 12.2. The molecule has 0 rings (SSSR count). The van der Waals surface area contributed by atoms with E-state index in [0.717, 1.165) is 44.9 Å². The highest BCUT2D eigenvalue weighted by molar-refractivity contribution is 7.60. The fourth-order valence-corrected chi connectivity index (χ4v) is 4.38. The van der Waals surface area contributed by atoms with Gasteiger partial charge in [0.25, 0.3) is 0 Å². The molecule has 0 radical (unpaired) electrons. The van der Waals surface area contributed by atoms with E-state index >= 15 is 0 Å². The minimum atomic E-state index is -1.05. The van der Waals surface area contributed by atoms with Gasteiger partial charge in [-0.15, -0.1) is 0 Å². The van der Waals surface area contributed by atoms with E-state index in [1.165, 1.54) is 32.1 Å². The van der Waals surface area contributed by atoms with E-state index < -0.39 is 29.7 Å². The molecule has 0 aromatic rings. The Morgan fingerprint density at radius 3 is 1.38 bits per heavy atom. The van der Waals surface area contributed by atoms with Crippen molar-refractivity contribution in [2.24, 2.45) is 11.8 Å². The van der Waals surface area contributed by atoms with E-state index in [9.17, 15) is 29.1 Å². The van der Waals surface area contributed by atoms with Crippen molar-refractivity contribution in [1.82, 2.24) is 5.32 Å². The number of carbonyl (C=O) groups is 5. The van der Waals surface area contributed by atoms with E-state index in [1.807, 2.05) is 0 Å². The van der Waals surface area contributed by atoms with Crippen LogP contribution in [0.2, 0.25) is 0 Å². The van der Waals surface area contributed by atoms with Crippen molar-refractivity contribution in [3.8, 4) is 0 Å². The van der Waals surface area contributed by atoms with Crippen molar-refractivity contribution in [2.45, 2.75) is 143 Å². The zero-order valence-corrected chi connectivity index (χ0v) is 32.4. The lowest BCUT2D eigenvalue weighted by atomic mass is 9.94. The second kappa shape index (κ2) is 43.6. The molecular weight excluding hydrogens is 695 g/mol. The summed E-state index contributed by atoms with van der Waals surface area (Å²) in [6, 6.07) is 0. The van der Waals surface area contributed by atoms with Gasteiger partial charge in [-0.1, -0.05) is 85.0 Å². The van der Waals surface area contributed by atoms with E-state index in [2.05, 4.69) is 5.32 Å². The number of Topliss-reactive ketones (excluding diaryl/α,β-unsaturated/α-hetero) is 1. The number of carboxylic acid groups (broad SMARTS) is 3. The van der Waals surface area contributed by atoms with Crippen LogP contribution in [-0.2, 0) is 24.0 Å². The lowest BCUT2D eigenvalue weighted by Crippen LogP contribution is -2.26. The number of carbonyl (C=O) groups excluding carboxylic acids is 2. The Morgan fingerprint density at radius 2 is 0.978 bits per heavy atom. The summed E-state index contributed by atoms with van der Waals surface area (Å²) in [5.74, 6) is -4.15. The highest BCUT2D eigenvalue weighted by Crippen LogP contribution is 2.17. The topological polar surface area (TPSA) is 158 Å². The first-order valence-corrected chi connectivity index (χ1v) is 14.6. The molecule has 0 spiro atoms. The Labute approximate surface area is 316 Å². The van der Waals surface area contributed by atoms with Gasteiger partial charge in [0, 0.05) is 33.7 Å². The van der Waals surface area contributed by atoms with Crippen LogP contribution in [0.25, 0.3) is 0 Å². The third-order valence-corrected chi connectivity index (χ3v) is 6.95. The highest BCUT2D eigenvalue weighted by atomic mass is 32.1. The lowest BCUT2D eigenvalue weighted by Gasteiger charge is -2.12. The number of rotatable bonds is 27. The molecule has 0 aliphatic heterocycles. The minimum absolute atomic E-state index is 0. The standard InChI is InChI=1S/C29H51NO8.CH4.6H2S.H2/c1-23(28(35)36)16-14-15-21-30-26(32)20-19-24(29(37)38)22-25(31)17-12-10-8-6-4-2-3-5-7-9-11-13-18-27(33)34;;;;;;;;/h23-24H,2-22H2,1H3,(H,30,32)(H,33,34)(H,35,36)(H,37,38);1H4;6*1H2;1H/t23-,24+;;;;;;;;/m0......../s1. The summed E-state index contributed by atoms with van der Waals surface area (Å²) in [5.41, 5.74) is 0. The molecule has 15 heteroatoms. The number of carboxylic acids is 3. The molecule has 9 nitrogen and oxygen atoms in total. The van der Waals surface area contributed by atoms with E-state index in [-0.39, 0.29) is 127 Å². The van der Waals surface area contributed by atoms with Crippen molar-refractivity contribution in [3.05, 3.63) is 0 Å². The molecule has 0 aliphatic carbocycles. The summed E-state index contributed by atoms with van der Waals surface area (Å²) in [6.07, 6.45) is 15.5. The van der Waals surface area contributed by atoms with Gasteiger partial charge in [0.05, 0.1) is 11.8 Å². The molecule has 0 aromatic heterocycles. The van der Waals surface area contributed by atoms with Crippen LogP contribution in [-0.4, -0.2) is 51.5 Å². The number of unbranched alkanes of at least 4 members (excludes halogenated alkanes) is 12. The van der Waals surface area contributed by atoms with Crippen LogP contribution in [0.1, 0.15) is 144 Å². The van der Waals surface area contributed by atoms with Gasteiger partial charge < -0.3 is 20.6 Å². The fourth-order valence-electron chi connectivity index (χ4n) is 4.38. The number of aliphatic carboxylic acids is 3. The predicted octanol–water partition coefficient (Wildman–Crippen LogP) is 7.54. The van der Waals surface area contributed by atoms with Gasteiger partial charge >= 0.3 is 17.9 Å². The maximum Gasteiger partial charge on any atom is 0.306 e. The lowest BCUT2D eigenvalue weighted by molar-refractivity contribution is -0.144. The second-order valence-electron chi connectivity index (χ2n) is 10.5. The largest absolute Gasteiger partial charge is 0.481 e. The summed E-state index contributed by atoms with van der Waals surface area (Å²) in [4.78, 5) is 57.0. The van der Waals surface area contributed by atoms with Crippen molar-refractivity contribution in [1.29, 1.82) is 0 Å². The van der Waals surface area contributed by atoms with Crippen LogP contribution in [0.5, 0.6) is 0 Å². The van der Waals surface area contributed by atoms with Gasteiger partial charge in [0.2, 0.25) is 5.91 Å². The summed E-state index contributed by atoms with van der Waals surface area (Å²) in [5, 5.41) is 29.6. The number of amides is 1. The maximum absolute atomic E-state index is 12.2. The normalized spacial score (nSPS) is 10.6. The molecule has 0 unspecified atom stereocenters. The molecule has 0 aromatic carbocycles. The zero-order chi connectivity index (χ0) is 28.6. The van der Waals surface area contributed by atoms with E-state index in [1.54, 1.807) is 6.92 Å². The monoisotopic (exact) mass is 763 g/mol. The van der Waals surface area contributed by atoms with E-state index in [4.69, 9.17) is 10.2 Å². The summed E-state index contributed by atoms with van der Waals surface area (Å²) in [6.45, 7) is 2.08. The Balaban J connectivity index is -0.000000244. The molecule has 1 amide bonds. The number of nitrogens with one attached hydrogen (secondary N) is 1. The summed E-state index contributed by atoms with van der Waals surface area (Å²) >= 11 is 0. The van der Waals surface area contributed by atoms with Crippen LogP contribution in [0, 0.1) is 11.8 Å². The van der Waals surface area contributed by atoms with Gasteiger partial charge in [-0.3, -0.25) is 24.0 Å². The third-order valence-electron chi connectivity index (χ3n) is 6.95. The van der Waals surface area contributed by atoms with Gasteiger partial charge in [0.1, 0.15) is 5.78 Å². The van der Waals surface area contributed by atoms with Gasteiger partial charge in [-0.2, -0.15) is 81.0 Å². The molecule has 45 heavy (non-hydrogen) atoms. The first-order valence-electron chi connectivity index (χ1n) is 14.6. The molecule has 0 fully saturated rings. The Kier molecular flexibility index (Phi) is 61.4. The number of hydrogen-bond acceptors (Lipinski definition) is 5. The quantitative estimate of drug-likeness (QED) is 0.0625. The first-order chi connectivity index (χ1) is 18.1. The predicted molar refractivity (Wildman–Crippen MR) is 217 cm³/mol. The van der Waals surface area contributed by atoms with Gasteiger partial charge in [-0.05, 0) is 32.1 Å². The Hall–Kier alpha value is -0.350. The molecule has 0 bridgehead atoms. The smallest absolute Gasteiger partial charge is 0.306 e. The molecule has 4 N–H and O–H groups in total. The molecule has 0 aliphatic rings. The molecule has 0 saturated carbocycles. The average molecular weight is 764 g/mol. The third kappa shape index (κ3) is 43.6.